The van der Waals surface area contributed by atoms with Crippen molar-refractivity contribution in [2.75, 3.05) is 26.7 Å². The number of carboxylic acids is 1. The maximum Gasteiger partial charge on any atom is 0.323 e. The van der Waals surface area contributed by atoms with Gasteiger partial charge in [-0.25, -0.2) is 0 Å². The summed E-state index contributed by atoms with van der Waals surface area (Å²) in [7, 11) is 1.63. The Labute approximate surface area is 252 Å². The SMILES string of the molecule is COc1ccc(CCCCN[C@@H](CCCNC(=N)N)C(=O)N(CC(=O)O)C(=O)C(c2ccccc2)c2ccccc2)cc1. The number of nitrogens with two attached hydrogens (primary N) is 1. The molecule has 0 saturated carbocycles. The van der Waals surface area contributed by atoms with Crippen LogP contribution >= 0.6 is 0 Å². The van der Waals surface area contributed by atoms with Crippen LogP contribution in [0.25, 0.3) is 0 Å². The molecule has 0 aromatic heterocycles. The number of hydrogen-bond donors (Lipinski definition) is 5. The van der Waals surface area contributed by atoms with Crippen molar-refractivity contribution in [2.45, 2.75) is 44.1 Å². The summed E-state index contributed by atoms with van der Waals surface area (Å²) in [4.78, 5) is 40.8. The maximum atomic E-state index is 14.1. The number of carboxylic acid groups (broad SMARTS) is 1. The van der Waals surface area contributed by atoms with Gasteiger partial charge >= 0.3 is 5.97 Å². The van der Waals surface area contributed by atoms with E-state index < -0.39 is 36.3 Å². The van der Waals surface area contributed by atoms with Crippen molar-refractivity contribution in [1.82, 2.24) is 15.5 Å². The van der Waals surface area contributed by atoms with Crippen molar-refractivity contribution in [3.8, 4) is 5.75 Å². The van der Waals surface area contributed by atoms with Crippen LogP contribution in [-0.4, -0.2) is 66.5 Å². The van der Waals surface area contributed by atoms with Crippen LogP contribution in [0.2, 0.25) is 0 Å². The Morgan fingerprint density at radius 1 is 0.860 bits per heavy atom. The molecule has 0 saturated heterocycles. The van der Waals surface area contributed by atoms with Crippen molar-refractivity contribution < 1.29 is 24.2 Å². The summed E-state index contributed by atoms with van der Waals surface area (Å²) in [5, 5.41) is 23.1. The minimum absolute atomic E-state index is 0.175. The molecule has 6 N–H and O–H groups in total. The van der Waals surface area contributed by atoms with Crippen LogP contribution in [0.3, 0.4) is 0 Å². The van der Waals surface area contributed by atoms with Gasteiger partial charge in [0.2, 0.25) is 11.8 Å². The van der Waals surface area contributed by atoms with E-state index in [4.69, 9.17) is 15.9 Å². The molecule has 0 aliphatic rings. The zero-order chi connectivity index (χ0) is 31.0. The van der Waals surface area contributed by atoms with E-state index in [1.165, 1.54) is 5.56 Å². The van der Waals surface area contributed by atoms with E-state index in [9.17, 15) is 19.5 Å². The molecule has 228 valence electrons. The number of amides is 2. The number of ether oxygens (including phenoxy) is 1. The zero-order valence-electron chi connectivity index (χ0n) is 24.5. The Balaban J connectivity index is 1.77. The van der Waals surface area contributed by atoms with Crippen molar-refractivity contribution >= 4 is 23.7 Å². The molecule has 0 aliphatic carbocycles. The second kappa shape index (κ2) is 17.3. The topological polar surface area (TPSA) is 158 Å². The molecule has 10 nitrogen and oxygen atoms in total. The van der Waals surface area contributed by atoms with Crippen LogP contribution in [0, 0.1) is 5.41 Å². The Bertz CT molecular complexity index is 1280. The number of nitrogens with zero attached hydrogens (tertiary/aromatic N) is 1. The minimum Gasteiger partial charge on any atom is -0.497 e. The molecule has 3 aromatic rings. The molecule has 1 atom stereocenters. The van der Waals surface area contributed by atoms with E-state index in [2.05, 4.69) is 10.6 Å². The number of carbonyl (C=O) groups is 3. The van der Waals surface area contributed by atoms with E-state index in [-0.39, 0.29) is 5.96 Å². The van der Waals surface area contributed by atoms with Gasteiger partial charge in [0.05, 0.1) is 19.1 Å². The molecule has 0 heterocycles. The fourth-order valence-corrected chi connectivity index (χ4v) is 4.88. The quantitative estimate of drug-likeness (QED) is 0.0912. The first-order chi connectivity index (χ1) is 20.8. The molecule has 10 heteroatoms. The third-order valence-corrected chi connectivity index (χ3v) is 7.06. The van der Waals surface area contributed by atoms with Gasteiger partial charge in [-0.2, -0.15) is 0 Å². The Kier molecular flexibility index (Phi) is 13.2. The number of rotatable bonds is 17. The predicted octanol–water partition coefficient (Wildman–Crippen LogP) is 3.51. The molecule has 0 unspecified atom stereocenters. The summed E-state index contributed by atoms with van der Waals surface area (Å²) in [5.41, 5.74) is 7.90. The van der Waals surface area contributed by atoms with Crippen molar-refractivity contribution in [1.29, 1.82) is 5.41 Å². The van der Waals surface area contributed by atoms with Gasteiger partial charge in [0.1, 0.15) is 12.3 Å². The molecular formula is C33H41N5O5. The van der Waals surface area contributed by atoms with Gasteiger partial charge in [0, 0.05) is 6.54 Å². The molecule has 2 amide bonds. The number of imide groups is 1. The average Bonchev–Trinajstić information content (AvgIpc) is 3.01. The van der Waals surface area contributed by atoms with Crippen molar-refractivity contribution in [3.63, 3.8) is 0 Å². The van der Waals surface area contributed by atoms with Crippen molar-refractivity contribution in [3.05, 3.63) is 102 Å². The molecule has 0 radical (unpaired) electrons. The normalized spacial score (nSPS) is 11.5. The van der Waals surface area contributed by atoms with E-state index in [0.717, 1.165) is 29.9 Å². The highest BCUT2D eigenvalue weighted by Crippen LogP contribution is 2.27. The highest BCUT2D eigenvalue weighted by atomic mass is 16.5. The monoisotopic (exact) mass is 587 g/mol. The van der Waals surface area contributed by atoms with Crippen LogP contribution < -0.4 is 21.1 Å². The van der Waals surface area contributed by atoms with Gasteiger partial charge in [0.15, 0.2) is 5.96 Å². The Morgan fingerprint density at radius 3 is 2.00 bits per heavy atom. The number of benzene rings is 3. The number of hydrogen-bond acceptors (Lipinski definition) is 6. The molecule has 43 heavy (non-hydrogen) atoms. The molecular weight excluding hydrogens is 546 g/mol. The third-order valence-electron chi connectivity index (χ3n) is 7.06. The van der Waals surface area contributed by atoms with Crippen LogP contribution in [-0.2, 0) is 20.8 Å². The standard InChI is InChI=1S/C33H41N5O5/c1-43-27-19-17-24(18-20-27)11-8-9-21-36-28(16-10-22-37-33(34)35)31(41)38(23-29(39)40)32(42)30(25-12-4-2-5-13-25)26-14-6-3-7-15-26/h2-7,12-15,17-20,28,30,36H,8-11,16,21-23H2,1H3,(H,39,40)(H4,34,35,37)/t28-/m0/s1. The van der Waals surface area contributed by atoms with Crippen LogP contribution in [0.1, 0.15) is 48.3 Å². The molecule has 3 rings (SSSR count). The van der Waals surface area contributed by atoms with Crippen molar-refractivity contribution in [2.24, 2.45) is 5.73 Å². The lowest BCUT2D eigenvalue weighted by Gasteiger charge is -2.29. The van der Waals surface area contributed by atoms with Gasteiger partial charge in [-0.1, -0.05) is 72.8 Å². The zero-order valence-corrected chi connectivity index (χ0v) is 24.5. The van der Waals surface area contributed by atoms with Gasteiger partial charge in [-0.15, -0.1) is 0 Å². The fourth-order valence-electron chi connectivity index (χ4n) is 4.88. The first-order valence-electron chi connectivity index (χ1n) is 14.4. The smallest absolute Gasteiger partial charge is 0.323 e. The number of nitrogens with one attached hydrogen (secondary N) is 3. The maximum absolute atomic E-state index is 14.1. The number of carbonyl (C=O) groups excluding carboxylic acids is 2. The second-order valence-electron chi connectivity index (χ2n) is 10.2. The molecule has 0 bridgehead atoms. The minimum atomic E-state index is -1.28. The summed E-state index contributed by atoms with van der Waals surface area (Å²) in [5.74, 6) is -2.70. The number of aryl methyl sites for hydroxylation is 1. The lowest BCUT2D eigenvalue weighted by molar-refractivity contribution is -0.154. The van der Waals surface area contributed by atoms with Gasteiger partial charge in [0.25, 0.3) is 0 Å². The molecule has 3 aromatic carbocycles. The summed E-state index contributed by atoms with van der Waals surface area (Å²) < 4.78 is 5.21. The first kappa shape index (κ1) is 32.8. The summed E-state index contributed by atoms with van der Waals surface area (Å²) in [6.45, 7) is 0.111. The lowest BCUT2D eigenvalue weighted by Crippen LogP contribution is -2.52. The first-order valence-corrected chi connectivity index (χ1v) is 14.4. The van der Waals surface area contributed by atoms with Crippen LogP contribution in [0.4, 0.5) is 0 Å². The molecule has 0 aliphatic heterocycles. The van der Waals surface area contributed by atoms with Crippen LogP contribution in [0.5, 0.6) is 5.75 Å². The second-order valence-corrected chi connectivity index (χ2v) is 10.2. The largest absolute Gasteiger partial charge is 0.497 e. The summed E-state index contributed by atoms with van der Waals surface area (Å²) in [6, 6.07) is 25.2. The average molecular weight is 588 g/mol. The van der Waals surface area contributed by atoms with Crippen LogP contribution in [0.15, 0.2) is 84.9 Å². The third kappa shape index (κ3) is 10.6. The number of methoxy groups -OCH3 is 1. The molecule has 0 fully saturated rings. The Morgan fingerprint density at radius 2 is 1.47 bits per heavy atom. The summed E-state index contributed by atoms with van der Waals surface area (Å²) >= 11 is 0. The lowest BCUT2D eigenvalue weighted by atomic mass is 9.89. The van der Waals surface area contributed by atoms with Gasteiger partial charge in [-0.05, 0) is 67.5 Å². The van der Waals surface area contributed by atoms with Gasteiger partial charge < -0.3 is 26.2 Å². The Hall–Kier alpha value is -4.70. The van der Waals surface area contributed by atoms with E-state index >= 15 is 0 Å². The molecule has 0 spiro atoms. The van der Waals surface area contributed by atoms with Gasteiger partial charge in [-0.3, -0.25) is 24.7 Å². The summed E-state index contributed by atoms with van der Waals surface area (Å²) in [6.07, 6.45) is 3.29. The predicted molar refractivity (Wildman–Crippen MR) is 166 cm³/mol. The highest BCUT2D eigenvalue weighted by molar-refractivity contribution is 6.03. The number of unbranched alkanes of at least 4 members (excludes halogenated alkanes) is 1. The number of guanidine groups is 1. The number of aliphatic carboxylic acids is 1. The van der Waals surface area contributed by atoms with E-state index in [0.29, 0.717) is 37.1 Å². The van der Waals surface area contributed by atoms with E-state index in [1.54, 1.807) is 55.6 Å². The highest BCUT2D eigenvalue weighted by Gasteiger charge is 2.35. The van der Waals surface area contributed by atoms with E-state index in [1.807, 2.05) is 36.4 Å². The fraction of sp³-hybridized carbons (Fsp3) is 0.333.